The molecule has 5 rings (SSSR count). The number of rotatable bonds is 5. The Morgan fingerprint density at radius 3 is 2.52 bits per heavy atom. The molecule has 2 N–H and O–H groups in total. The zero-order valence-corrected chi connectivity index (χ0v) is 20.0. The van der Waals surface area contributed by atoms with E-state index in [2.05, 4.69) is 16.9 Å². The second-order valence-electron chi connectivity index (χ2n) is 8.39. The maximum atomic E-state index is 12.7. The van der Waals surface area contributed by atoms with Crippen molar-refractivity contribution in [2.24, 2.45) is 0 Å². The van der Waals surface area contributed by atoms with E-state index in [-0.39, 0.29) is 28.9 Å². The third kappa shape index (κ3) is 3.96. The van der Waals surface area contributed by atoms with Gasteiger partial charge in [0.15, 0.2) is 11.5 Å². The maximum Gasteiger partial charge on any atom is 0.437 e. The van der Waals surface area contributed by atoms with E-state index in [1.165, 1.54) is 30.4 Å². The molecule has 3 aliphatic rings. The lowest BCUT2D eigenvalue weighted by Crippen LogP contribution is -2.45. The van der Waals surface area contributed by atoms with Crippen LogP contribution in [0.2, 0.25) is 5.02 Å². The molecule has 31 heavy (non-hydrogen) atoms. The van der Waals surface area contributed by atoms with Crippen LogP contribution in [-0.2, 0) is 0 Å². The van der Waals surface area contributed by atoms with Crippen LogP contribution in [0.15, 0.2) is 15.3 Å². The molecule has 2 aromatic rings. The number of ether oxygens (including phenoxy) is 2. The molecule has 8 nitrogen and oxygen atoms in total. The first-order valence-corrected chi connectivity index (χ1v) is 11.2. The number of nitrogen functional groups attached to an aromatic ring is 1. The quantitative estimate of drug-likeness (QED) is 0.600. The summed E-state index contributed by atoms with van der Waals surface area (Å²) in [5, 5.41) is 4.86. The van der Waals surface area contributed by atoms with Gasteiger partial charge in [0.05, 0.1) is 22.3 Å². The number of nitrogens with two attached hydrogens (primary N) is 1. The number of nitrogens with zero attached hydrogens (tertiary/aromatic N) is 3. The van der Waals surface area contributed by atoms with Crippen molar-refractivity contribution < 1.29 is 13.9 Å². The van der Waals surface area contributed by atoms with Gasteiger partial charge < -0.3 is 19.6 Å². The van der Waals surface area contributed by atoms with Gasteiger partial charge in [0.2, 0.25) is 0 Å². The molecule has 0 radical (unpaired) electrons. The highest BCUT2D eigenvalue weighted by molar-refractivity contribution is 8.93. The predicted molar refractivity (Wildman–Crippen MR) is 124 cm³/mol. The van der Waals surface area contributed by atoms with Crippen LogP contribution in [0.5, 0.6) is 11.5 Å². The van der Waals surface area contributed by atoms with E-state index in [9.17, 15) is 4.79 Å². The molecule has 170 valence electrons. The summed E-state index contributed by atoms with van der Waals surface area (Å²) in [4.78, 5) is 15.3. The number of hydrogen-bond acceptors (Lipinski definition) is 7. The topological polar surface area (TPSA) is 95.8 Å². The van der Waals surface area contributed by atoms with Crippen LogP contribution >= 0.6 is 28.6 Å². The van der Waals surface area contributed by atoms with E-state index >= 15 is 0 Å². The highest BCUT2D eigenvalue weighted by Crippen LogP contribution is 2.47. The molecule has 1 aromatic carbocycles. The Morgan fingerprint density at radius 2 is 1.84 bits per heavy atom. The van der Waals surface area contributed by atoms with Crippen LogP contribution in [0.4, 0.5) is 5.69 Å². The van der Waals surface area contributed by atoms with Gasteiger partial charge in [0.1, 0.15) is 13.2 Å². The van der Waals surface area contributed by atoms with Gasteiger partial charge in [-0.15, -0.1) is 22.1 Å². The number of aromatic nitrogens is 2. The number of unbranched alkanes of at least 4 members (excludes halogenated alkanes) is 1. The number of anilines is 1. The standard InChI is InChI=1S/C21H27ClN4O4.BrH/c1-2-3-6-25-12-4-5-13(25)10-14(9-12)26-21(27)30-20(24-26)15-11-16(22)17(23)19-18(15)28-7-8-29-19;/h11-14H,2-10,23H2,1H3;1H. The lowest BCUT2D eigenvalue weighted by atomic mass is 9.97. The molecular formula is C21H28BrClN4O4. The number of piperidine rings is 1. The summed E-state index contributed by atoms with van der Waals surface area (Å²) in [7, 11) is 0. The lowest BCUT2D eigenvalue weighted by molar-refractivity contribution is 0.0985. The second kappa shape index (κ2) is 9.03. The fourth-order valence-electron chi connectivity index (χ4n) is 5.14. The fourth-order valence-corrected chi connectivity index (χ4v) is 5.33. The molecule has 0 spiro atoms. The van der Waals surface area contributed by atoms with Gasteiger partial charge in [0, 0.05) is 12.1 Å². The van der Waals surface area contributed by atoms with Crippen molar-refractivity contribution in [3.8, 4) is 23.0 Å². The molecule has 10 heteroatoms. The van der Waals surface area contributed by atoms with Crippen LogP contribution in [0, 0.1) is 0 Å². The van der Waals surface area contributed by atoms with Gasteiger partial charge in [-0.2, -0.15) is 4.68 Å². The smallest absolute Gasteiger partial charge is 0.437 e. The van der Waals surface area contributed by atoms with Crippen molar-refractivity contribution in [2.75, 3.05) is 25.5 Å². The van der Waals surface area contributed by atoms with Crippen molar-refractivity contribution in [1.82, 2.24) is 14.7 Å². The van der Waals surface area contributed by atoms with Crippen LogP contribution < -0.4 is 21.0 Å². The van der Waals surface area contributed by atoms with Crippen LogP contribution in [0.1, 0.15) is 51.5 Å². The Bertz CT molecular complexity index is 996. The normalized spacial score (nSPS) is 24.8. The molecule has 2 fully saturated rings. The molecular weight excluding hydrogens is 488 g/mol. The van der Waals surface area contributed by atoms with E-state index in [4.69, 9.17) is 31.2 Å². The Hall–Kier alpha value is -1.71. The summed E-state index contributed by atoms with van der Waals surface area (Å²) < 4.78 is 18.4. The zero-order valence-electron chi connectivity index (χ0n) is 17.5. The van der Waals surface area contributed by atoms with Crippen molar-refractivity contribution in [1.29, 1.82) is 0 Å². The highest BCUT2D eigenvalue weighted by Gasteiger charge is 2.42. The summed E-state index contributed by atoms with van der Waals surface area (Å²) in [6.45, 7) is 4.13. The Balaban J connectivity index is 0.00000231. The zero-order chi connectivity index (χ0) is 20.8. The molecule has 2 atom stereocenters. The third-order valence-electron chi connectivity index (χ3n) is 6.58. The summed E-state index contributed by atoms with van der Waals surface area (Å²) in [6.07, 6.45) is 6.65. The van der Waals surface area contributed by atoms with E-state index in [0.717, 1.165) is 19.4 Å². The first kappa shape index (κ1) is 22.5. The van der Waals surface area contributed by atoms with Crippen LogP contribution in [-0.4, -0.2) is 46.5 Å². The molecule has 4 heterocycles. The molecule has 2 unspecified atom stereocenters. The summed E-state index contributed by atoms with van der Waals surface area (Å²) in [5.41, 5.74) is 6.83. The van der Waals surface area contributed by atoms with E-state index in [1.807, 2.05) is 0 Å². The van der Waals surface area contributed by atoms with Gasteiger partial charge >= 0.3 is 5.76 Å². The minimum atomic E-state index is -0.449. The molecule has 1 aromatic heterocycles. The summed E-state index contributed by atoms with van der Waals surface area (Å²) >= 11 is 6.28. The van der Waals surface area contributed by atoms with Crippen molar-refractivity contribution >= 4 is 34.3 Å². The van der Waals surface area contributed by atoms with Gasteiger partial charge in [-0.05, 0) is 44.7 Å². The van der Waals surface area contributed by atoms with Crippen LogP contribution in [0.3, 0.4) is 0 Å². The Morgan fingerprint density at radius 1 is 1.16 bits per heavy atom. The monoisotopic (exact) mass is 514 g/mol. The molecule has 0 saturated carbocycles. The third-order valence-corrected chi connectivity index (χ3v) is 6.89. The number of halogens is 2. The minimum absolute atomic E-state index is 0. The molecule has 3 aliphatic heterocycles. The van der Waals surface area contributed by atoms with E-state index < -0.39 is 5.76 Å². The average Bonchev–Trinajstić information content (AvgIpc) is 3.24. The maximum absolute atomic E-state index is 12.7. The van der Waals surface area contributed by atoms with Gasteiger partial charge in [0.25, 0.3) is 5.89 Å². The lowest BCUT2D eigenvalue weighted by Gasteiger charge is -2.38. The highest BCUT2D eigenvalue weighted by atomic mass is 79.9. The number of fused-ring (bicyclic) bond motifs is 3. The van der Waals surface area contributed by atoms with Crippen molar-refractivity contribution in [3.63, 3.8) is 0 Å². The molecule has 0 amide bonds. The Kier molecular flexibility index (Phi) is 6.55. The molecule has 2 bridgehead atoms. The van der Waals surface area contributed by atoms with E-state index in [0.29, 0.717) is 53.1 Å². The predicted octanol–water partition coefficient (Wildman–Crippen LogP) is 4.06. The molecule has 0 aliphatic carbocycles. The van der Waals surface area contributed by atoms with Gasteiger partial charge in [-0.3, -0.25) is 4.90 Å². The Labute approximate surface area is 196 Å². The summed E-state index contributed by atoms with van der Waals surface area (Å²) in [6, 6.07) is 2.70. The SMILES string of the molecule is Br.CCCCN1C2CCC1CC(n1nc(-c3cc(Cl)c(N)c4c3OCCO4)oc1=O)C2. The minimum Gasteiger partial charge on any atom is -0.485 e. The van der Waals surface area contributed by atoms with Crippen molar-refractivity contribution in [3.05, 3.63) is 21.6 Å². The summed E-state index contributed by atoms with van der Waals surface area (Å²) in [5.74, 6) is 0.536. The second-order valence-corrected chi connectivity index (χ2v) is 8.80. The van der Waals surface area contributed by atoms with Crippen molar-refractivity contribution in [2.45, 2.75) is 63.6 Å². The number of benzene rings is 1. The average molecular weight is 516 g/mol. The number of hydrogen-bond donors (Lipinski definition) is 1. The largest absolute Gasteiger partial charge is 0.485 e. The first-order chi connectivity index (χ1) is 14.6. The van der Waals surface area contributed by atoms with Gasteiger partial charge in [-0.25, -0.2) is 4.79 Å². The van der Waals surface area contributed by atoms with Gasteiger partial charge in [-0.1, -0.05) is 24.9 Å². The van der Waals surface area contributed by atoms with Crippen LogP contribution in [0.25, 0.3) is 11.5 Å². The van der Waals surface area contributed by atoms with E-state index in [1.54, 1.807) is 6.07 Å². The molecule has 2 saturated heterocycles. The fraction of sp³-hybridized carbons (Fsp3) is 0.619. The first-order valence-electron chi connectivity index (χ1n) is 10.8.